The molecule has 2 aliphatic rings. The normalized spacial score (nSPS) is 19.8. The summed E-state index contributed by atoms with van der Waals surface area (Å²) in [5, 5.41) is 14.0. The molecule has 3 amide bonds. The molecule has 2 aromatic carbocycles. The zero-order valence-electron chi connectivity index (χ0n) is 17.5. The number of nitro groups is 1. The SMILES string of the molecule is CC1=CC[C@@H]2C(=O)N(N(Cc3ccc(Cl)cc3[N+](=O)[O-])C(=O)c3ccc(Cl)cc3)C(=O)[C@H]2C1. The molecule has 1 fully saturated rings. The summed E-state index contributed by atoms with van der Waals surface area (Å²) in [6.07, 6.45) is 2.75. The van der Waals surface area contributed by atoms with E-state index in [1.54, 1.807) is 0 Å². The van der Waals surface area contributed by atoms with Crippen LogP contribution in [0.4, 0.5) is 5.69 Å². The maximum atomic E-state index is 13.5. The highest BCUT2D eigenvalue weighted by Crippen LogP contribution is 2.39. The Morgan fingerprint density at radius 1 is 1.09 bits per heavy atom. The second-order valence-electron chi connectivity index (χ2n) is 8.09. The Balaban J connectivity index is 1.77. The van der Waals surface area contributed by atoms with Gasteiger partial charge in [-0.15, -0.1) is 0 Å². The number of allylic oxidation sites excluding steroid dienone is 2. The van der Waals surface area contributed by atoms with Crippen LogP contribution in [-0.2, 0) is 16.1 Å². The van der Waals surface area contributed by atoms with E-state index in [0.717, 1.165) is 15.6 Å². The predicted octanol–water partition coefficient (Wildman–Crippen LogP) is 4.80. The van der Waals surface area contributed by atoms with Gasteiger partial charge in [0.2, 0.25) is 0 Å². The molecule has 0 unspecified atom stereocenters. The number of fused-ring (bicyclic) bond motifs is 1. The summed E-state index contributed by atoms with van der Waals surface area (Å²) in [5.74, 6) is -2.77. The van der Waals surface area contributed by atoms with Crippen LogP contribution >= 0.6 is 23.2 Å². The van der Waals surface area contributed by atoms with E-state index in [9.17, 15) is 24.5 Å². The topological polar surface area (TPSA) is 101 Å². The smallest absolute Gasteiger partial charge is 0.272 e. The van der Waals surface area contributed by atoms with Gasteiger partial charge in [0.1, 0.15) is 0 Å². The third-order valence-corrected chi connectivity index (χ3v) is 6.42. The van der Waals surface area contributed by atoms with Gasteiger partial charge in [0, 0.05) is 21.7 Å². The molecule has 1 aliphatic carbocycles. The second-order valence-corrected chi connectivity index (χ2v) is 8.96. The van der Waals surface area contributed by atoms with Gasteiger partial charge >= 0.3 is 0 Å². The summed E-state index contributed by atoms with van der Waals surface area (Å²) in [5.41, 5.74) is 1.01. The summed E-state index contributed by atoms with van der Waals surface area (Å²) < 4.78 is 0. The van der Waals surface area contributed by atoms with E-state index in [0.29, 0.717) is 17.9 Å². The molecule has 0 radical (unpaired) electrons. The highest BCUT2D eigenvalue weighted by molar-refractivity contribution is 6.31. The van der Waals surface area contributed by atoms with Gasteiger partial charge < -0.3 is 0 Å². The quantitative estimate of drug-likeness (QED) is 0.261. The number of hydrazine groups is 1. The number of hydrogen-bond acceptors (Lipinski definition) is 5. The van der Waals surface area contributed by atoms with Crippen LogP contribution in [0.5, 0.6) is 0 Å². The molecule has 0 N–H and O–H groups in total. The van der Waals surface area contributed by atoms with E-state index in [1.807, 2.05) is 13.0 Å². The summed E-state index contributed by atoms with van der Waals surface area (Å²) in [4.78, 5) is 51.0. The number of nitrogens with zero attached hydrogens (tertiary/aromatic N) is 3. The van der Waals surface area contributed by atoms with Gasteiger partial charge in [-0.05, 0) is 56.2 Å². The number of carbonyl (C=O) groups excluding carboxylic acids is 3. The third kappa shape index (κ3) is 4.36. The second kappa shape index (κ2) is 8.96. The number of rotatable bonds is 5. The molecule has 33 heavy (non-hydrogen) atoms. The molecule has 0 spiro atoms. The lowest BCUT2D eigenvalue weighted by Crippen LogP contribution is -2.49. The molecule has 2 atom stereocenters. The molecular formula is C23H19Cl2N3O5. The number of hydrogen-bond donors (Lipinski definition) is 0. The van der Waals surface area contributed by atoms with Crippen LogP contribution in [0.15, 0.2) is 54.1 Å². The van der Waals surface area contributed by atoms with E-state index in [1.165, 1.54) is 42.5 Å². The number of amides is 3. The standard InChI is InChI=1S/C23H19Cl2N3O5/c1-13-2-9-18-19(10-13)23(31)27(22(18)30)26(21(29)14-3-6-16(24)7-4-14)12-15-5-8-17(25)11-20(15)28(32)33/h2-8,11,18-19H,9-10,12H2,1H3/t18-,19-/m0/s1. The maximum absolute atomic E-state index is 13.5. The van der Waals surface area contributed by atoms with Crippen LogP contribution in [0.25, 0.3) is 0 Å². The van der Waals surface area contributed by atoms with Crippen molar-refractivity contribution < 1.29 is 19.3 Å². The molecule has 1 saturated heterocycles. The number of halogens is 2. The van der Waals surface area contributed by atoms with Crippen molar-refractivity contribution in [2.45, 2.75) is 26.3 Å². The zero-order chi connectivity index (χ0) is 23.9. The van der Waals surface area contributed by atoms with Crippen LogP contribution < -0.4 is 0 Å². The van der Waals surface area contributed by atoms with Gasteiger partial charge in [-0.2, -0.15) is 5.01 Å². The lowest BCUT2D eigenvalue weighted by molar-refractivity contribution is -0.385. The fraction of sp³-hybridized carbons (Fsp3) is 0.261. The van der Waals surface area contributed by atoms with Crippen molar-refractivity contribution in [3.05, 3.63) is 85.4 Å². The Labute approximate surface area is 199 Å². The lowest BCUT2D eigenvalue weighted by atomic mass is 9.82. The van der Waals surface area contributed by atoms with Gasteiger partial charge in [0.15, 0.2) is 0 Å². The third-order valence-electron chi connectivity index (χ3n) is 5.93. The van der Waals surface area contributed by atoms with E-state index in [-0.39, 0.29) is 28.4 Å². The molecular weight excluding hydrogens is 469 g/mol. The van der Waals surface area contributed by atoms with E-state index in [2.05, 4.69) is 0 Å². The highest BCUT2D eigenvalue weighted by atomic mass is 35.5. The maximum Gasteiger partial charge on any atom is 0.275 e. The first kappa shape index (κ1) is 22.9. The minimum Gasteiger partial charge on any atom is -0.272 e. The first-order valence-electron chi connectivity index (χ1n) is 10.2. The molecule has 1 aliphatic heterocycles. The van der Waals surface area contributed by atoms with E-state index in [4.69, 9.17) is 23.2 Å². The summed E-state index contributed by atoms with van der Waals surface area (Å²) in [6, 6.07) is 10.00. The monoisotopic (exact) mass is 487 g/mol. The number of nitro benzene ring substituents is 1. The summed E-state index contributed by atoms with van der Waals surface area (Å²) in [6.45, 7) is 1.53. The van der Waals surface area contributed by atoms with Gasteiger partial charge in [0.25, 0.3) is 23.4 Å². The number of carbonyl (C=O) groups is 3. The average molecular weight is 488 g/mol. The largest absolute Gasteiger partial charge is 0.275 e. The first-order valence-corrected chi connectivity index (χ1v) is 11.0. The zero-order valence-corrected chi connectivity index (χ0v) is 19.0. The van der Waals surface area contributed by atoms with Crippen LogP contribution in [0.1, 0.15) is 35.7 Å². The van der Waals surface area contributed by atoms with Crippen molar-refractivity contribution in [3.63, 3.8) is 0 Å². The van der Waals surface area contributed by atoms with Crippen molar-refractivity contribution >= 4 is 46.6 Å². The molecule has 2 aromatic rings. The highest BCUT2D eigenvalue weighted by Gasteiger charge is 2.51. The molecule has 0 bridgehead atoms. The van der Waals surface area contributed by atoms with Gasteiger partial charge in [0.05, 0.1) is 28.9 Å². The molecule has 170 valence electrons. The average Bonchev–Trinajstić information content (AvgIpc) is 3.02. The fourth-order valence-corrected chi connectivity index (χ4v) is 4.53. The Morgan fingerprint density at radius 2 is 1.73 bits per heavy atom. The van der Waals surface area contributed by atoms with Gasteiger partial charge in [-0.1, -0.05) is 34.9 Å². The molecule has 10 heteroatoms. The first-order chi connectivity index (χ1) is 15.7. The fourth-order valence-electron chi connectivity index (χ4n) is 4.23. The molecule has 8 nitrogen and oxygen atoms in total. The Morgan fingerprint density at radius 3 is 2.39 bits per heavy atom. The van der Waals surface area contributed by atoms with Crippen molar-refractivity contribution in [1.82, 2.24) is 10.0 Å². The van der Waals surface area contributed by atoms with Crippen LogP contribution in [-0.4, -0.2) is 32.7 Å². The predicted molar refractivity (Wildman–Crippen MR) is 121 cm³/mol. The number of imide groups is 1. The van der Waals surface area contributed by atoms with Gasteiger partial charge in [-0.3, -0.25) is 24.5 Å². The Bertz CT molecular complexity index is 1200. The van der Waals surface area contributed by atoms with Crippen molar-refractivity contribution in [3.8, 4) is 0 Å². The molecule has 0 saturated carbocycles. The van der Waals surface area contributed by atoms with E-state index >= 15 is 0 Å². The lowest BCUT2D eigenvalue weighted by Gasteiger charge is -2.30. The van der Waals surface area contributed by atoms with Crippen molar-refractivity contribution in [2.75, 3.05) is 0 Å². The van der Waals surface area contributed by atoms with Crippen molar-refractivity contribution in [1.29, 1.82) is 0 Å². The number of benzene rings is 2. The van der Waals surface area contributed by atoms with E-state index < -0.39 is 34.5 Å². The molecule has 1 heterocycles. The summed E-state index contributed by atoms with van der Waals surface area (Å²) in [7, 11) is 0. The summed E-state index contributed by atoms with van der Waals surface area (Å²) >= 11 is 11.8. The minimum absolute atomic E-state index is 0.136. The Hall–Kier alpha value is -3.23. The molecule has 0 aromatic heterocycles. The van der Waals surface area contributed by atoms with Crippen LogP contribution in [0, 0.1) is 22.0 Å². The molecule has 4 rings (SSSR count). The Kier molecular flexibility index (Phi) is 6.23. The minimum atomic E-state index is -0.652. The van der Waals surface area contributed by atoms with Crippen molar-refractivity contribution in [2.24, 2.45) is 11.8 Å². The van der Waals surface area contributed by atoms with Crippen LogP contribution in [0.3, 0.4) is 0 Å². The van der Waals surface area contributed by atoms with Gasteiger partial charge in [-0.25, -0.2) is 5.01 Å². The van der Waals surface area contributed by atoms with Crippen LogP contribution in [0.2, 0.25) is 10.0 Å².